The van der Waals surface area contributed by atoms with E-state index < -0.39 is 5.41 Å². The largest absolute Gasteiger partial charge is 0.385 e. The second-order valence-corrected chi connectivity index (χ2v) is 6.64. The van der Waals surface area contributed by atoms with Crippen molar-refractivity contribution in [2.75, 3.05) is 13.7 Å². The topological polar surface area (TPSA) is 43.4 Å². The third kappa shape index (κ3) is 2.08. The van der Waals surface area contributed by atoms with E-state index in [4.69, 9.17) is 4.74 Å². The summed E-state index contributed by atoms with van der Waals surface area (Å²) in [6.07, 6.45) is 8.19. The van der Waals surface area contributed by atoms with E-state index in [9.17, 15) is 9.59 Å². The molecule has 20 heavy (non-hydrogen) atoms. The number of hydrogen-bond donors (Lipinski definition) is 0. The number of aldehydes is 1. The van der Waals surface area contributed by atoms with Crippen molar-refractivity contribution < 1.29 is 14.3 Å². The number of carbonyl (C=O) groups excluding carboxylic acids is 2. The SMILES string of the molecule is COCC[C@H]1C(C)=CC[C@H]2C(C)(C)C=CC(=O)[C@@]12C=O. The zero-order valence-corrected chi connectivity index (χ0v) is 12.8. The first kappa shape index (κ1) is 15.2. The van der Waals surface area contributed by atoms with Crippen LogP contribution in [0.15, 0.2) is 23.8 Å². The van der Waals surface area contributed by atoms with Crippen molar-refractivity contribution in [2.24, 2.45) is 22.7 Å². The van der Waals surface area contributed by atoms with Crippen molar-refractivity contribution in [3.63, 3.8) is 0 Å². The van der Waals surface area contributed by atoms with Crippen LogP contribution in [0.2, 0.25) is 0 Å². The van der Waals surface area contributed by atoms with E-state index in [1.807, 2.05) is 13.0 Å². The molecule has 0 aromatic carbocycles. The van der Waals surface area contributed by atoms with Crippen molar-refractivity contribution in [1.82, 2.24) is 0 Å². The predicted molar refractivity (Wildman–Crippen MR) is 78.3 cm³/mol. The summed E-state index contributed by atoms with van der Waals surface area (Å²) in [5.74, 6) is -0.0450. The summed E-state index contributed by atoms with van der Waals surface area (Å²) in [4.78, 5) is 24.6. The van der Waals surface area contributed by atoms with Crippen LogP contribution >= 0.6 is 0 Å². The zero-order valence-electron chi connectivity index (χ0n) is 12.8. The summed E-state index contributed by atoms with van der Waals surface area (Å²) in [7, 11) is 1.65. The molecule has 3 atom stereocenters. The van der Waals surface area contributed by atoms with Crippen molar-refractivity contribution in [1.29, 1.82) is 0 Å². The van der Waals surface area contributed by atoms with Crippen LogP contribution in [0.25, 0.3) is 0 Å². The number of ether oxygens (including phenoxy) is 1. The molecule has 0 saturated heterocycles. The molecule has 3 nitrogen and oxygen atoms in total. The van der Waals surface area contributed by atoms with Crippen LogP contribution in [0.4, 0.5) is 0 Å². The third-order valence-electron chi connectivity index (χ3n) is 5.17. The highest BCUT2D eigenvalue weighted by atomic mass is 16.5. The van der Waals surface area contributed by atoms with Crippen LogP contribution in [0.3, 0.4) is 0 Å². The molecule has 0 bridgehead atoms. The predicted octanol–water partition coefficient (Wildman–Crippen LogP) is 2.96. The van der Waals surface area contributed by atoms with Crippen LogP contribution in [0.5, 0.6) is 0 Å². The normalized spacial score (nSPS) is 35.4. The van der Waals surface area contributed by atoms with E-state index in [-0.39, 0.29) is 23.0 Å². The second kappa shape index (κ2) is 5.28. The molecule has 2 aliphatic rings. The maximum Gasteiger partial charge on any atom is 0.169 e. The molecule has 0 amide bonds. The number of hydrogen-bond acceptors (Lipinski definition) is 3. The van der Waals surface area contributed by atoms with Crippen molar-refractivity contribution in [3.05, 3.63) is 23.8 Å². The third-order valence-corrected chi connectivity index (χ3v) is 5.17. The lowest BCUT2D eigenvalue weighted by Crippen LogP contribution is -2.54. The quantitative estimate of drug-likeness (QED) is 0.450. The molecule has 0 aliphatic heterocycles. The fraction of sp³-hybridized carbons (Fsp3) is 0.647. The van der Waals surface area contributed by atoms with Gasteiger partial charge in [0.05, 0.1) is 5.41 Å². The maximum atomic E-state index is 12.6. The molecular formula is C17H24O3. The van der Waals surface area contributed by atoms with Crippen LogP contribution in [-0.4, -0.2) is 25.8 Å². The van der Waals surface area contributed by atoms with Crippen molar-refractivity contribution in [2.45, 2.75) is 33.6 Å². The lowest BCUT2D eigenvalue weighted by molar-refractivity contribution is -0.144. The minimum Gasteiger partial charge on any atom is -0.385 e. The van der Waals surface area contributed by atoms with Gasteiger partial charge < -0.3 is 9.53 Å². The van der Waals surface area contributed by atoms with Crippen LogP contribution in [-0.2, 0) is 14.3 Å². The van der Waals surface area contributed by atoms with Crippen LogP contribution in [0.1, 0.15) is 33.6 Å². The molecule has 0 saturated carbocycles. The Hall–Kier alpha value is -1.22. The number of fused-ring (bicyclic) bond motifs is 1. The lowest BCUT2D eigenvalue weighted by Gasteiger charge is -2.51. The van der Waals surface area contributed by atoms with E-state index in [1.165, 1.54) is 0 Å². The van der Waals surface area contributed by atoms with Gasteiger partial charge in [0.1, 0.15) is 6.29 Å². The Labute approximate surface area is 121 Å². The summed E-state index contributed by atoms with van der Waals surface area (Å²) < 4.78 is 5.18. The summed E-state index contributed by atoms with van der Waals surface area (Å²) in [5, 5.41) is 0. The Bertz CT molecular complexity index is 473. The fourth-order valence-electron chi connectivity index (χ4n) is 4.00. The Kier molecular flexibility index (Phi) is 4.01. The molecule has 0 unspecified atom stereocenters. The van der Waals surface area contributed by atoms with Gasteiger partial charge >= 0.3 is 0 Å². The van der Waals surface area contributed by atoms with Crippen LogP contribution < -0.4 is 0 Å². The number of methoxy groups -OCH3 is 1. The Morgan fingerprint density at radius 2 is 2.15 bits per heavy atom. The highest BCUT2D eigenvalue weighted by Gasteiger charge is 2.57. The van der Waals surface area contributed by atoms with E-state index in [0.717, 1.165) is 18.3 Å². The highest BCUT2D eigenvalue weighted by Crippen LogP contribution is 2.55. The highest BCUT2D eigenvalue weighted by molar-refractivity contribution is 6.07. The number of allylic oxidation sites excluding steroid dienone is 4. The molecule has 0 fully saturated rings. The lowest BCUT2D eigenvalue weighted by atomic mass is 9.49. The van der Waals surface area contributed by atoms with Crippen molar-refractivity contribution >= 4 is 12.1 Å². The molecular weight excluding hydrogens is 252 g/mol. The standard InChI is InChI=1S/C17H24O3/c1-12-5-6-14-16(2,3)9-7-15(19)17(14,11-18)13(12)8-10-20-4/h5,7,9,11,13-14H,6,8,10H2,1-4H3/t13-,14-,17-/m0/s1. The van der Waals surface area contributed by atoms with Crippen molar-refractivity contribution in [3.8, 4) is 0 Å². The van der Waals surface area contributed by atoms with E-state index in [2.05, 4.69) is 19.9 Å². The minimum atomic E-state index is -0.907. The van der Waals surface area contributed by atoms with Gasteiger partial charge in [-0.15, -0.1) is 0 Å². The van der Waals surface area contributed by atoms with Gasteiger partial charge in [0.2, 0.25) is 0 Å². The summed E-state index contributed by atoms with van der Waals surface area (Å²) in [5.41, 5.74) is 0.0947. The van der Waals surface area contributed by atoms with Gasteiger partial charge in [-0.05, 0) is 37.2 Å². The molecule has 2 rings (SSSR count). The minimum absolute atomic E-state index is 0.0367. The first-order valence-corrected chi connectivity index (χ1v) is 7.25. The van der Waals surface area contributed by atoms with Gasteiger partial charge in [-0.3, -0.25) is 4.79 Å². The monoisotopic (exact) mass is 276 g/mol. The molecule has 2 aliphatic carbocycles. The average molecular weight is 276 g/mol. The first-order chi connectivity index (χ1) is 9.40. The van der Waals surface area contributed by atoms with E-state index in [1.54, 1.807) is 13.2 Å². The molecule has 0 aromatic rings. The Balaban J connectivity index is 2.53. The molecule has 0 aromatic heterocycles. The molecule has 110 valence electrons. The van der Waals surface area contributed by atoms with Gasteiger partial charge in [0.25, 0.3) is 0 Å². The Morgan fingerprint density at radius 1 is 1.45 bits per heavy atom. The number of ketones is 1. The van der Waals surface area contributed by atoms with E-state index >= 15 is 0 Å². The Morgan fingerprint density at radius 3 is 2.75 bits per heavy atom. The number of rotatable bonds is 4. The van der Waals surface area contributed by atoms with Gasteiger partial charge in [0, 0.05) is 19.6 Å². The van der Waals surface area contributed by atoms with Gasteiger partial charge in [-0.25, -0.2) is 0 Å². The maximum absolute atomic E-state index is 12.6. The molecule has 0 radical (unpaired) electrons. The molecule has 0 N–H and O–H groups in total. The summed E-state index contributed by atoms with van der Waals surface area (Å²) in [6.45, 7) is 6.82. The second-order valence-electron chi connectivity index (χ2n) is 6.64. The molecule has 3 heteroatoms. The van der Waals surface area contributed by atoms with Gasteiger partial charge in [-0.1, -0.05) is 31.6 Å². The van der Waals surface area contributed by atoms with Gasteiger partial charge in [0.15, 0.2) is 5.78 Å². The zero-order chi connectivity index (χ0) is 15.0. The van der Waals surface area contributed by atoms with Gasteiger partial charge in [-0.2, -0.15) is 0 Å². The van der Waals surface area contributed by atoms with Crippen LogP contribution in [0, 0.1) is 22.7 Å². The molecule has 0 spiro atoms. The summed E-state index contributed by atoms with van der Waals surface area (Å²) >= 11 is 0. The number of carbonyl (C=O) groups is 2. The molecule has 0 heterocycles. The smallest absolute Gasteiger partial charge is 0.169 e. The first-order valence-electron chi connectivity index (χ1n) is 7.25. The average Bonchev–Trinajstić information content (AvgIpc) is 2.41. The fourth-order valence-corrected chi connectivity index (χ4v) is 4.00. The summed E-state index contributed by atoms with van der Waals surface area (Å²) in [6, 6.07) is 0. The van der Waals surface area contributed by atoms with E-state index in [0.29, 0.717) is 13.0 Å².